The molecule has 2 aliphatic carbocycles. The molecule has 2 fully saturated rings. The van der Waals surface area contributed by atoms with Crippen molar-refractivity contribution in [1.82, 2.24) is 9.97 Å². The van der Waals surface area contributed by atoms with Gasteiger partial charge in [0.1, 0.15) is 12.9 Å². The van der Waals surface area contributed by atoms with E-state index in [4.69, 9.17) is 0 Å². The van der Waals surface area contributed by atoms with E-state index < -0.39 is 0 Å². The molecule has 32 heavy (non-hydrogen) atoms. The van der Waals surface area contributed by atoms with Gasteiger partial charge in [0, 0.05) is 7.05 Å². The molecule has 0 radical (unpaired) electrons. The first-order valence-corrected chi connectivity index (χ1v) is 12.3. The third-order valence-electron chi connectivity index (χ3n) is 8.92. The Morgan fingerprint density at radius 2 is 2.12 bits per heavy atom. The van der Waals surface area contributed by atoms with E-state index in [1.54, 1.807) is 0 Å². The van der Waals surface area contributed by atoms with Gasteiger partial charge in [0.05, 0.1) is 0 Å². The number of nitrogens with zero attached hydrogens (tertiary/aromatic N) is 3. The summed E-state index contributed by atoms with van der Waals surface area (Å²) in [5.74, 6) is 2.83. The van der Waals surface area contributed by atoms with Crippen LogP contribution in [0.3, 0.4) is 0 Å². The third kappa shape index (κ3) is 4.08. The quantitative estimate of drug-likeness (QED) is 0.441. The zero-order chi connectivity index (χ0) is 23.1. The van der Waals surface area contributed by atoms with E-state index in [9.17, 15) is 5.21 Å². The molecule has 6 heteroatoms. The summed E-state index contributed by atoms with van der Waals surface area (Å²) in [6.45, 7) is 16.1. The van der Waals surface area contributed by atoms with E-state index in [0.29, 0.717) is 22.6 Å². The lowest BCUT2D eigenvalue weighted by molar-refractivity contribution is -0.818. The van der Waals surface area contributed by atoms with Gasteiger partial charge in [0.25, 0.3) is 0 Å². The minimum Gasteiger partial charge on any atom is -0.307 e. The Bertz CT molecular complexity index is 894. The molecule has 1 aliphatic heterocycles. The highest BCUT2D eigenvalue weighted by molar-refractivity contribution is 5.70. The van der Waals surface area contributed by atoms with Gasteiger partial charge in [-0.25, -0.2) is 15.4 Å². The van der Waals surface area contributed by atoms with Crippen LogP contribution in [0.5, 0.6) is 0 Å². The van der Waals surface area contributed by atoms with Crippen LogP contribution in [0.15, 0.2) is 30.1 Å². The molecule has 2 heterocycles. The lowest BCUT2D eigenvalue weighted by Gasteiger charge is -2.58. The first kappa shape index (κ1) is 23.2. The molecule has 0 bridgehead atoms. The second-order valence-corrected chi connectivity index (χ2v) is 11.4. The summed E-state index contributed by atoms with van der Waals surface area (Å²) in [6, 6.07) is 0. The maximum atomic E-state index is 9.50. The van der Waals surface area contributed by atoms with Crippen molar-refractivity contribution in [3.05, 3.63) is 30.1 Å². The van der Waals surface area contributed by atoms with E-state index in [1.165, 1.54) is 60.9 Å². The molecule has 2 saturated carbocycles. The summed E-state index contributed by atoms with van der Waals surface area (Å²) in [5, 5.41) is 9.50. The fourth-order valence-corrected chi connectivity index (χ4v) is 7.26. The van der Waals surface area contributed by atoms with Crippen LogP contribution in [0.2, 0.25) is 0 Å². The summed E-state index contributed by atoms with van der Waals surface area (Å²) >= 11 is 0. The molecule has 4 rings (SSSR count). The number of fused-ring (bicyclic) bond motifs is 2. The van der Waals surface area contributed by atoms with Crippen molar-refractivity contribution in [2.24, 2.45) is 22.7 Å². The normalized spacial score (nSPS) is 31.9. The molecule has 4 unspecified atom stereocenters. The molecule has 1 aromatic heterocycles. The van der Waals surface area contributed by atoms with Crippen LogP contribution in [0.4, 0.5) is 17.3 Å². The summed E-state index contributed by atoms with van der Waals surface area (Å²) in [5.41, 5.74) is 6.98. The first-order valence-electron chi connectivity index (χ1n) is 12.3. The van der Waals surface area contributed by atoms with Crippen molar-refractivity contribution in [3.63, 3.8) is 0 Å². The topological polar surface area (TPSA) is 65.7 Å². The molecule has 1 aromatic rings. The predicted molar refractivity (Wildman–Crippen MR) is 130 cm³/mol. The molecule has 6 nitrogen and oxygen atoms in total. The second-order valence-electron chi connectivity index (χ2n) is 11.4. The van der Waals surface area contributed by atoms with E-state index >= 15 is 0 Å². The van der Waals surface area contributed by atoms with Gasteiger partial charge in [-0.15, -0.1) is 0 Å². The molecule has 0 aromatic carbocycles. The van der Waals surface area contributed by atoms with Gasteiger partial charge in [0.2, 0.25) is 17.3 Å². The zero-order valence-corrected chi connectivity index (χ0v) is 20.7. The summed E-state index contributed by atoms with van der Waals surface area (Å²) in [7, 11) is 2.04. The minimum atomic E-state index is 0.401. The summed E-state index contributed by atoms with van der Waals surface area (Å²) in [6.07, 6.45) is 12.8. The Morgan fingerprint density at radius 3 is 2.88 bits per heavy atom. The highest BCUT2D eigenvalue weighted by Gasteiger charge is 2.52. The number of anilines is 2. The largest absolute Gasteiger partial charge is 0.307 e. The Hall–Kier alpha value is -1.92. The van der Waals surface area contributed by atoms with Crippen LogP contribution in [0.25, 0.3) is 0 Å². The summed E-state index contributed by atoms with van der Waals surface area (Å²) < 4.78 is 0. The van der Waals surface area contributed by atoms with Gasteiger partial charge in [-0.1, -0.05) is 44.9 Å². The molecule has 0 saturated heterocycles. The van der Waals surface area contributed by atoms with E-state index in [-0.39, 0.29) is 0 Å². The van der Waals surface area contributed by atoms with Crippen LogP contribution >= 0.6 is 0 Å². The number of quaternary nitrogens is 1. The van der Waals surface area contributed by atoms with Gasteiger partial charge >= 0.3 is 0 Å². The predicted octanol–water partition coefficient (Wildman–Crippen LogP) is 4.73. The molecular formula is C26H42N5O+. The SMILES string of the molecule is C=C1CCC2C(C)(C)CCCC2(C)C1CCC(C)=CC[NH+]1CN(C)c2ncnc(NO)c21. The van der Waals surface area contributed by atoms with Crippen LogP contribution in [-0.2, 0) is 0 Å². The van der Waals surface area contributed by atoms with E-state index in [2.05, 4.69) is 60.7 Å². The monoisotopic (exact) mass is 440 g/mol. The Kier molecular flexibility index (Phi) is 6.38. The number of hydrogen-bond acceptors (Lipinski definition) is 5. The van der Waals surface area contributed by atoms with Crippen LogP contribution in [0.1, 0.15) is 72.6 Å². The molecule has 3 N–H and O–H groups in total. The third-order valence-corrected chi connectivity index (χ3v) is 8.92. The number of allylic oxidation sites excluding steroid dienone is 2. The van der Waals surface area contributed by atoms with Crippen LogP contribution < -0.4 is 15.3 Å². The first-order chi connectivity index (χ1) is 15.2. The Labute approximate surface area is 193 Å². The van der Waals surface area contributed by atoms with Crippen molar-refractivity contribution in [3.8, 4) is 0 Å². The Morgan fingerprint density at radius 1 is 1.34 bits per heavy atom. The average Bonchev–Trinajstić information content (AvgIpc) is 3.07. The highest BCUT2D eigenvalue weighted by Crippen LogP contribution is 2.61. The lowest BCUT2D eigenvalue weighted by Crippen LogP contribution is -3.06. The van der Waals surface area contributed by atoms with Crippen LogP contribution in [-0.4, -0.2) is 35.4 Å². The molecule has 176 valence electrons. The van der Waals surface area contributed by atoms with Crippen molar-refractivity contribution in [2.75, 3.05) is 30.6 Å². The van der Waals surface area contributed by atoms with Crippen LogP contribution in [0, 0.1) is 22.7 Å². The lowest BCUT2D eigenvalue weighted by atomic mass is 9.47. The summed E-state index contributed by atoms with van der Waals surface area (Å²) in [4.78, 5) is 12.0. The molecule has 0 amide bonds. The second kappa shape index (κ2) is 8.79. The Balaban J connectivity index is 1.43. The van der Waals surface area contributed by atoms with E-state index in [1.807, 2.05) is 7.05 Å². The minimum absolute atomic E-state index is 0.401. The molecule has 0 spiro atoms. The smallest absolute Gasteiger partial charge is 0.221 e. The molecule has 3 aliphatic rings. The van der Waals surface area contributed by atoms with Gasteiger partial charge in [-0.05, 0) is 74.2 Å². The average molecular weight is 441 g/mol. The maximum absolute atomic E-state index is 9.50. The van der Waals surface area contributed by atoms with Crippen molar-refractivity contribution in [1.29, 1.82) is 0 Å². The number of aromatic nitrogens is 2. The van der Waals surface area contributed by atoms with Gasteiger partial charge in [-0.3, -0.25) is 10.1 Å². The van der Waals surface area contributed by atoms with Gasteiger partial charge in [0.15, 0.2) is 6.67 Å². The maximum Gasteiger partial charge on any atom is 0.221 e. The fraction of sp³-hybridized carbons (Fsp3) is 0.692. The fourth-order valence-electron chi connectivity index (χ4n) is 7.26. The number of rotatable bonds is 6. The number of hydrogen-bond donors (Lipinski definition) is 3. The highest BCUT2D eigenvalue weighted by atomic mass is 16.5. The van der Waals surface area contributed by atoms with Crippen molar-refractivity contribution >= 4 is 17.3 Å². The van der Waals surface area contributed by atoms with Gasteiger partial charge < -0.3 is 4.90 Å². The standard InChI is InChI=1S/C26H41N5O/c1-18(12-15-31-17-30(6)24-22(31)23(29-32)27-16-28-24)8-10-20-19(2)9-11-21-25(3,4)13-7-14-26(20,21)5/h12,16,20-21,32H,2,7-11,13-15,17H2,1,3-6H3,(H,27,28,29)/p+1. The molecular weight excluding hydrogens is 398 g/mol. The zero-order valence-electron chi connectivity index (χ0n) is 20.7. The van der Waals surface area contributed by atoms with Crippen molar-refractivity contribution < 1.29 is 10.1 Å². The number of nitrogens with one attached hydrogen (secondary N) is 2. The van der Waals surface area contributed by atoms with E-state index in [0.717, 1.165) is 37.1 Å². The molecule has 4 atom stereocenters. The van der Waals surface area contributed by atoms with Gasteiger partial charge in [-0.2, -0.15) is 0 Å². The van der Waals surface area contributed by atoms with Crippen molar-refractivity contribution in [2.45, 2.75) is 72.6 Å².